The van der Waals surface area contributed by atoms with Crippen LogP contribution in [0.4, 0.5) is 4.39 Å². The average molecular weight is 369 g/mol. The maximum absolute atomic E-state index is 13.0. The molecule has 2 aromatic carbocycles. The zero-order chi connectivity index (χ0) is 17.2. The molecule has 0 atom stereocenters. The zero-order valence-electron chi connectivity index (χ0n) is 13.0. The minimum absolute atomic E-state index is 0.132. The number of hydrogen-bond acceptors (Lipinski definition) is 3. The molecule has 1 aliphatic rings. The van der Waals surface area contributed by atoms with Crippen LogP contribution in [0.3, 0.4) is 0 Å². The van der Waals surface area contributed by atoms with E-state index in [9.17, 15) is 12.8 Å². The van der Waals surface area contributed by atoms with Crippen molar-refractivity contribution in [3.8, 4) is 0 Å². The molecule has 4 nitrogen and oxygen atoms in total. The van der Waals surface area contributed by atoms with E-state index in [-0.39, 0.29) is 4.90 Å². The van der Waals surface area contributed by atoms with Crippen molar-refractivity contribution < 1.29 is 12.8 Å². The van der Waals surface area contributed by atoms with Gasteiger partial charge in [-0.2, -0.15) is 4.31 Å². The van der Waals surface area contributed by atoms with Gasteiger partial charge in [-0.3, -0.25) is 4.90 Å². The molecule has 1 saturated heterocycles. The van der Waals surface area contributed by atoms with E-state index in [1.165, 1.54) is 28.6 Å². The summed E-state index contributed by atoms with van der Waals surface area (Å²) in [5.41, 5.74) is 1.11. The lowest BCUT2D eigenvalue weighted by atomic mass is 10.2. The molecule has 1 aliphatic heterocycles. The minimum atomic E-state index is -3.56. The second kappa shape index (κ2) is 7.19. The van der Waals surface area contributed by atoms with Crippen molar-refractivity contribution in [1.82, 2.24) is 9.21 Å². The van der Waals surface area contributed by atoms with Crippen LogP contribution in [0.25, 0.3) is 0 Å². The molecule has 1 fully saturated rings. The van der Waals surface area contributed by atoms with Gasteiger partial charge in [0.15, 0.2) is 0 Å². The van der Waals surface area contributed by atoms with E-state index in [1.807, 2.05) is 24.3 Å². The Kier molecular flexibility index (Phi) is 5.20. The highest BCUT2D eigenvalue weighted by Gasteiger charge is 2.28. The monoisotopic (exact) mass is 368 g/mol. The molecule has 7 heteroatoms. The largest absolute Gasteiger partial charge is 0.296 e. The third-order valence-corrected chi connectivity index (χ3v) is 6.23. The standard InChI is InChI=1S/C17H18ClFN2O2S/c18-15-3-1-2-14(12-15)13-20-8-10-21(11-9-20)24(22,23)17-6-4-16(19)5-7-17/h1-7,12H,8-11,13H2. The van der Waals surface area contributed by atoms with Crippen molar-refractivity contribution in [2.75, 3.05) is 26.2 Å². The molecule has 128 valence electrons. The molecular weight excluding hydrogens is 351 g/mol. The Balaban J connectivity index is 1.63. The molecule has 0 saturated carbocycles. The number of sulfonamides is 1. The van der Waals surface area contributed by atoms with Gasteiger partial charge >= 0.3 is 0 Å². The highest BCUT2D eigenvalue weighted by atomic mass is 35.5. The molecule has 0 radical (unpaired) electrons. The van der Waals surface area contributed by atoms with E-state index in [2.05, 4.69) is 4.90 Å². The van der Waals surface area contributed by atoms with E-state index in [1.54, 1.807) is 0 Å². The van der Waals surface area contributed by atoms with Crippen LogP contribution in [-0.2, 0) is 16.6 Å². The van der Waals surface area contributed by atoms with Gasteiger partial charge < -0.3 is 0 Å². The predicted molar refractivity (Wildman–Crippen MR) is 91.9 cm³/mol. The van der Waals surface area contributed by atoms with Crippen LogP contribution in [0, 0.1) is 5.82 Å². The summed E-state index contributed by atoms with van der Waals surface area (Å²) in [7, 11) is -3.56. The fourth-order valence-corrected chi connectivity index (χ4v) is 4.41. The second-order valence-electron chi connectivity index (χ2n) is 5.76. The topological polar surface area (TPSA) is 40.6 Å². The maximum Gasteiger partial charge on any atom is 0.243 e. The van der Waals surface area contributed by atoms with Crippen LogP contribution >= 0.6 is 11.6 Å². The third kappa shape index (κ3) is 3.95. The summed E-state index contributed by atoms with van der Waals surface area (Å²) in [5.74, 6) is -0.444. The van der Waals surface area contributed by atoms with Crippen molar-refractivity contribution >= 4 is 21.6 Å². The smallest absolute Gasteiger partial charge is 0.243 e. The Morgan fingerprint density at radius 1 is 1.00 bits per heavy atom. The second-order valence-corrected chi connectivity index (χ2v) is 8.14. The lowest BCUT2D eigenvalue weighted by molar-refractivity contribution is 0.181. The predicted octanol–water partition coefficient (Wildman–Crippen LogP) is 2.99. The van der Waals surface area contributed by atoms with Gasteiger partial charge in [0.1, 0.15) is 5.82 Å². The first-order valence-corrected chi connectivity index (χ1v) is 9.49. The van der Waals surface area contributed by atoms with Gasteiger partial charge in [0, 0.05) is 37.7 Å². The first-order chi connectivity index (χ1) is 11.4. The summed E-state index contributed by atoms with van der Waals surface area (Å²) in [6.45, 7) is 2.87. The summed E-state index contributed by atoms with van der Waals surface area (Å²) < 4.78 is 39.6. The van der Waals surface area contributed by atoms with Gasteiger partial charge in [-0.05, 0) is 42.0 Å². The van der Waals surface area contributed by atoms with Gasteiger partial charge in [0.2, 0.25) is 10.0 Å². The Hall–Kier alpha value is -1.47. The van der Waals surface area contributed by atoms with Crippen LogP contribution in [-0.4, -0.2) is 43.8 Å². The first kappa shape index (κ1) is 17.4. The Morgan fingerprint density at radius 2 is 1.67 bits per heavy atom. The molecule has 1 heterocycles. The van der Waals surface area contributed by atoms with Crippen molar-refractivity contribution in [2.45, 2.75) is 11.4 Å². The molecule has 0 N–H and O–H groups in total. The summed E-state index contributed by atoms with van der Waals surface area (Å²) in [6.07, 6.45) is 0. The van der Waals surface area contributed by atoms with Crippen LogP contribution in [0.5, 0.6) is 0 Å². The molecule has 3 rings (SSSR count). The summed E-state index contributed by atoms with van der Waals surface area (Å²) in [5, 5.41) is 0.699. The zero-order valence-corrected chi connectivity index (χ0v) is 14.6. The quantitative estimate of drug-likeness (QED) is 0.833. The molecule has 24 heavy (non-hydrogen) atoms. The van der Waals surface area contributed by atoms with Crippen molar-refractivity contribution in [3.05, 3.63) is 64.9 Å². The summed E-state index contributed by atoms with van der Waals surface area (Å²) in [6, 6.07) is 12.6. The number of benzene rings is 2. The van der Waals surface area contributed by atoms with Crippen LogP contribution in [0.2, 0.25) is 5.02 Å². The molecule has 0 unspecified atom stereocenters. The first-order valence-electron chi connectivity index (χ1n) is 7.68. The number of rotatable bonds is 4. The average Bonchev–Trinajstić information content (AvgIpc) is 2.56. The van der Waals surface area contributed by atoms with Crippen LogP contribution in [0.15, 0.2) is 53.4 Å². The maximum atomic E-state index is 13.0. The van der Waals surface area contributed by atoms with Crippen LogP contribution < -0.4 is 0 Å². The number of hydrogen-bond donors (Lipinski definition) is 0. The van der Waals surface area contributed by atoms with Crippen LogP contribution in [0.1, 0.15) is 5.56 Å². The van der Waals surface area contributed by atoms with E-state index in [0.717, 1.165) is 12.1 Å². The molecule has 2 aromatic rings. The SMILES string of the molecule is O=S(=O)(c1ccc(F)cc1)N1CCN(Cc2cccc(Cl)c2)CC1. The highest BCUT2D eigenvalue weighted by molar-refractivity contribution is 7.89. The molecule has 0 aromatic heterocycles. The highest BCUT2D eigenvalue weighted by Crippen LogP contribution is 2.19. The number of halogens is 2. The summed E-state index contributed by atoms with van der Waals surface area (Å²) in [4.78, 5) is 2.33. The van der Waals surface area contributed by atoms with Gasteiger partial charge in [0.25, 0.3) is 0 Å². The molecule has 0 amide bonds. The fraction of sp³-hybridized carbons (Fsp3) is 0.294. The van der Waals surface area contributed by atoms with Crippen molar-refractivity contribution in [1.29, 1.82) is 0 Å². The molecule has 0 aliphatic carbocycles. The van der Waals surface area contributed by atoms with Crippen molar-refractivity contribution in [3.63, 3.8) is 0 Å². The third-order valence-electron chi connectivity index (χ3n) is 4.08. The normalized spacial score (nSPS) is 17.1. The lowest BCUT2D eigenvalue weighted by Crippen LogP contribution is -2.48. The van der Waals surface area contributed by atoms with Gasteiger partial charge in [-0.25, -0.2) is 12.8 Å². The lowest BCUT2D eigenvalue weighted by Gasteiger charge is -2.34. The van der Waals surface area contributed by atoms with E-state index < -0.39 is 15.8 Å². The molecule has 0 bridgehead atoms. The Labute approximate surface area is 146 Å². The van der Waals surface area contributed by atoms with Gasteiger partial charge in [0.05, 0.1) is 4.90 Å². The van der Waals surface area contributed by atoms with Gasteiger partial charge in [-0.15, -0.1) is 0 Å². The fourth-order valence-electron chi connectivity index (χ4n) is 2.78. The van der Waals surface area contributed by atoms with E-state index in [0.29, 0.717) is 31.2 Å². The van der Waals surface area contributed by atoms with E-state index >= 15 is 0 Å². The van der Waals surface area contributed by atoms with Crippen molar-refractivity contribution in [2.24, 2.45) is 0 Å². The Bertz CT molecular complexity index is 804. The molecule has 0 spiro atoms. The Morgan fingerprint density at radius 3 is 2.29 bits per heavy atom. The summed E-state index contributed by atoms with van der Waals surface area (Å²) >= 11 is 5.99. The number of nitrogens with zero attached hydrogens (tertiary/aromatic N) is 2. The molecular formula is C17H18ClFN2O2S. The number of piperazine rings is 1. The van der Waals surface area contributed by atoms with E-state index in [4.69, 9.17) is 11.6 Å². The minimum Gasteiger partial charge on any atom is -0.296 e. The van der Waals surface area contributed by atoms with Gasteiger partial charge in [-0.1, -0.05) is 23.7 Å².